The zero-order valence-corrected chi connectivity index (χ0v) is 9.01. The van der Waals surface area contributed by atoms with E-state index in [9.17, 15) is 4.79 Å². The Bertz CT molecular complexity index is 150. The molecule has 0 aromatic rings. The van der Waals surface area contributed by atoms with E-state index in [0.717, 1.165) is 12.2 Å². The van der Waals surface area contributed by atoms with Gasteiger partial charge in [-0.05, 0) is 18.1 Å². The summed E-state index contributed by atoms with van der Waals surface area (Å²) in [4.78, 5) is 10.4. The van der Waals surface area contributed by atoms with Gasteiger partial charge in [-0.1, -0.05) is 13.8 Å². The lowest BCUT2D eigenvalue weighted by Gasteiger charge is -2.14. The van der Waals surface area contributed by atoms with Gasteiger partial charge < -0.3 is 10.2 Å². The van der Waals surface area contributed by atoms with Gasteiger partial charge in [0.1, 0.15) is 0 Å². The third kappa shape index (κ3) is 6.90. The van der Waals surface area contributed by atoms with Gasteiger partial charge in [-0.25, -0.2) is 0 Å². The number of carboxylic acid groups (broad SMARTS) is 1. The molecule has 3 nitrogen and oxygen atoms in total. The Hall–Kier alpha value is -0.220. The molecule has 4 heteroatoms. The second-order valence-electron chi connectivity index (χ2n) is 3.25. The van der Waals surface area contributed by atoms with Crippen molar-refractivity contribution in [2.45, 2.75) is 31.9 Å². The van der Waals surface area contributed by atoms with Gasteiger partial charge in [-0.15, -0.1) is 0 Å². The maximum atomic E-state index is 10.4. The standard InChI is InChI=1S/C9H18O3S/c1-3-8(4-9(11)12)13-6-7(2)5-10/h7-8,10H,3-6H2,1-2H3,(H,11,12). The lowest BCUT2D eigenvalue weighted by molar-refractivity contribution is -0.136. The molecule has 2 N–H and O–H groups in total. The van der Waals surface area contributed by atoms with Crippen molar-refractivity contribution in [2.24, 2.45) is 5.92 Å². The fourth-order valence-corrected chi connectivity index (χ4v) is 2.07. The monoisotopic (exact) mass is 206 g/mol. The molecule has 0 rings (SSSR count). The molecular weight excluding hydrogens is 188 g/mol. The van der Waals surface area contributed by atoms with Crippen LogP contribution in [0.2, 0.25) is 0 Å². The van der Waals surface area contributed by atoms with Crippen LogP contribution >= 0.6 is 11.8 Å². The number of rotatable bonds is 7. The maximum absolute atomic E-state index is 10.4. The van der Waals surface area contributed by atoms with E-state index in [1.807, 2.05) is 13.8 Å². The minimum absolute atomic E-state index is 0.177. The summed E-state index contributed by atoms with van der Waals surface area (Å²) >= 11 is 1.64. The Morgan fingerprint density at radius 3 is 2.54 bits per heavy atom. The number of aliphatic carboxylic acids is 1. The smallest absolute Gasteiger partial charge is 0.304 e. The summed E-state index contributed by atoms with van der Waals surface area (Å²) in [5, 5.41) is 17.5. The van der Waals surface area contributed by atoms with E-state index >= 15 is 0 Å². The van der Waals surface area contributed by atoms with Gasteiger partial charge in [0.05, 0.1) is 6.42 Å². The number of carbonyl (C=O) groups is 1. The molecule has 0 bridgehead atoms. The first kappa shape index (κ1) is 12.8. The van der Waals surface area contributed by atoms with E-state index < -0.39 is 5.97 Å². The van der Waals surface area contributed by atoms with Crippen molar-refractivity contribution in [1.29, 1.82) is 0 Å². The van der Waals surface area contributed by atoms with Gasteiger partial charge in [0.2, 0.25) is 0 Å². The summed E-state index contributed by atoms with van der Waals surface area (Å²) in [6.07, 6.45) is 1.09. The van der Waals surface area contributed by atoms with E-state index in [1.165, 1.54) is 0 Å². The van der Waals surface area contributed by atoms with Crippen LogP contribution in [-0.4, -0.2) is 33.8 Å². The molecule has 2 atom stereocenters. The number of thioether (sulfide) groups is 1. The molecule has 78 valence electrons. The Kier molecular flexibility index (Phi) is 7.09. The molecule has 0 spiro atoms. The van der Waals surface area contributed by atoms with Crippen molar-refractivity contribution in [3.05, 3.63) is 0 Å². The van der Waals surface area contributed by atoms with Crippen molar-refractivity contribution in [2.75, 3.05) is 12.4 Å². The number of aliphatic hydroxyl groups excluding tert-OH is 1. The summed E-state index contributed by atoms with van der Waals surface area (Å²) in [7, 11) is 0. The topological polar surface area (TPSA) is 57.5 Å². The molecule has 0 aromatic heterocycles. The predicted octanol–water partition coefficient (Wildman–Crippen LogP) is 1.60. The van der Waals surface area contributed by atoms with Crippen molar-refractivity contribution in [3.8, 4) is 0 Å². The van der Waals surface area contributed by atoms with E-state index in [1.54, 1.807) is 11.8 Å². The lowest BCUT2D eigenvalue weighted by atomic mass is 10.2. The second-order valence-corrected chi connectivity index (χ2v) is 4.58. The molecule has 0 amide bonds. The molecule has 0 radical (unpaired) electrons. The van der Waals surface area contributed by atoms with E-state index in [-0.39, 0.29) is 24.2 Å². The third-order valence-electron chi connectivity index (χ3n) is 1.79. The molecule has 13 heavy (non-hydrogen) atoms. The van der Waals surface area contributed by atoms with Gasteiger partial charge in [0.15, 0.2) is 0 Å². The van der Waals surface area contributed by atoms with Crippen molar-refractivity contribution in [3.63, 3.8) is 0 Å². The zero-order valence-electron chi connectivity index (χ0n) is 8.19. The number of aliphatic hydroxyl groups is 1. The molecule has 0 aliphatic rings. The highest BCUT2D eigenvalue weighted by Crippen LogP contribution is 2.20. The number of carboxylic acids is 1. The number of hydrogen-bond acceptors (Lipinski definition) is 3. The van der Waals surface area contributed by atoms with Crippen molar-refractivity contribution >= 4 is 17.7 Å². The Morgan fingerprint density at radius 2 is 2.15 bits per heavy atom. The van der Waals surface area contributed by atoms with E-state index in [4.69, 9.17) is 10.2 Å². The maximum Gasteiger partial charge on any atom is 0.304 e. The normalized spacial score (nSPS) is 15.3. The molecule has 0 aromatic carbocycles. The Labute approximate surface area is 83.5 Å². The van der Waals surface area contributed by atoms with Crippen LogP contribution < -0.4 is 0 Å². The molecule has 0 saturated carbocycles. The average molecular weight is 206 g/mol. The summed E-state index contributed by atoms with van der Waals surface area (Å²) in [5.41, 5.74) is 0. The van der Waals surface area contributed by atoms with E-state index in [2.05, 4.69) is 0 Å². The molecular formula is C9H18O3S. The van der Waals surface area contributed by atoms with Crippen LogP contribution in [-0.2, 0) is 4.79 Å². The molecule has 0 heterocycles. The fourth-order valence-electron chi connectivity index (χ4n) is 0.869. The minimum Gasteiger partial charge on any atom is -0.481 e. The summed E-state index contributed by atoms with van der Waals surface area (Å²) < 4.78 is 0. The van der Waals surface area contributed by atoms with Crippen LogP contribution in [0.15, 0.2) is 0 Å². The second kappa shape index (κ2) is 7.21. The highest BCUT2D eigenvalue weighted by Gasteiger charge is 2.12. The minimum atomic E-state index is -0.740. The lowest BCUT2D eigenvalue weighted by Crippen LogP contribution is -2.12. The van der Waals surface area contributed by atoms with Crippen LogP contribution in [0.3, 0.4) is 0 Å². The van der Waals surface area contributed by atoms with E-state index in [0.29, 0.717) is 0 Å². The summed E-state index contributed by atoms with van der Waals surface area (Å²) in [6, 6.07) is 0. The zero-order chi connectivity index (χ0) is 10.3. The van der Waals surface area contributed by atoms with Crippen LogP contribution in [0.4, 0.5) is 0 Å². The van der Waals surface area contributed by atoms with Crippen LogP contribution in [0.25, 0.3) is 0 Å². The largest absolute Gasteiger partial charge is 0.481 e. The van der Waals surface area contributed by atoms with Crippen LogP contribution in [0.5, 0.6) is 0 Å². The van der Waals surface area contributed by atoms with Gasteiger partial charge in [0.25, 0.3) is 0 Å². The van der Waals surface area contributed by atoms with Gasteiger partial charge in [-0.2, -0.15) is 11.8 Å². The molecule has 0 saturated heterocycles. The fraction of sp³-hybridized carbons (Fsp3) is 0.889. The quantitative estimate of drug-likeness (QED) is 0.664. The Morgan fingerprint density at radius 1 is 1.54 bits per heavy atom. The summed E-state index contributed by atoms with van der Waals surface area (Å²) in [5.74, 6) is 0.353. The first-order valence-electron chi connectivity index (χ1n) is 4.54. The van der Waals surface area contributed by atoms with Crippen molar-refractivity contribution < 1.29 is 15.0 Å². The predicted molar refractivity (Wildman–Crippen MR) is 55.0 cm³/mol. The van der Waals surface area contributed by atoms with Crippen LogP contribution in [0.1, 0.15) is 26.7 Å². The van der Waals surface area contributed by atoms with Gasteiger partial charge in [-0.3, -0.25) is 4.79 Å². The Balaban J connectivity index is 3.65. The molecule has 0 aliphatic heterocycles. The SMILES string of the molecule is CCC(CC(=O)O)SCC(C)CO. The highest BCUT2D eigenvalue weighted by molar-refractivity contribution is 7.99. The van der Waals surface area contributed by atoms with Crippen molar-refractivity contribution in [1.82, 2.24) is 0 Å². The van der Waals surface area contributed by atoms with Gasteiger partial charge >= 0.3 is 5.97 Å². The van der Waals surface area contributed by atoms with Gasteiger partial charge in [0, 0.05) is 11.9 Å². The first-order chi connectivity index (χ1) is 6.10. The molecule has 0 fully saturated rings. The first-order valence-corrected chi connectivity index (χ1v) is 5.59. The molecule has 2 unspecified atom stereocenters. The third-order valence-corrected chi connectivity index (χ3v) is 3.52. The molecule has 0 aliphatic carbocycles. The highest BCUT2D eigenvalue weighted by atomic mass is 32.2. The summed E-state index contributed by atoms with van der Waals surface area (Å²) in [6.45, 7) is 4.13. The van der Waals surface area contributed by atoms with Crippen LogP contribution in [0, 0.1) is 5.92 Å². The number of hydrogen-bond donors (Lipinski definition) is 2. The average Bonchev–Trinajstić information content (AvgIpc) is 2.10.